The highest BCUT2D eigenvalue weighted by molar-refractivity contribution is 5.92. The Balaban J connectivity index is 2.44. The van der Waals surface area contributed by atoms with Gasteiger partial charge in [-0.2, -0.15) is 0 Å². The second-order valence-corrected chi connectivity index (χ2v) is 10.8. The van der Waals surface area contributed by atoms with Crippen molar-refractivity contribution in [3.05, 3.63) is 34.9 Å². The lowest BCUT2D eigenvalue weighted by Gasteiger charge is -2.38. The van der Waals surface area contributed by atoms with Crippen LogP contribution in [0.3, 0.4) is 0 Å². The molecule has 2 unspecified atom stereocenters. The molecule has 8 heteroatoms. The van der Waals surface area contributed by atoms with Gasteiger partial charge in [0.2, 0.25) is 11.8 Å². The number of ether oxygens (including phenoxy) is 1. The third-order valence-electron chi connectivity index (χ3n) is 6.40. The number of carbonyl (C=O) groups excluding carboxylic acids is 3. The Hall–Kier alpha value is -2.61. The summed E-state index contributed by atoms with van der Waals surface area (Å²) in [7, 11) is 0. The highest BCUT2D eigenvalue weighted by Gasteiger charge is 2.39. The number of aliphatic hydroxyl groups excluding tert-OH is 1. The van der Waals surface area contributed by atoms with E-state index in [0.717, 1.165) is 48.8 Å². The molecule has 0 aromatic heterocycles. The highest BCUT2D eigenvalue weighted by atomic mass is 16.6. The zero-order valence-electron chi connectivity index (χ0n) is 22.3. The van der Waals surface area contributed by atoms with Crippen LogP contribution in [-0.2, 0) is 14.3 Å². The summed E-state index contributed by atoms with van der Waals surface area (Å²) in [5.74, 6) is -0.792. The molecule has 0 spiro atoms. The molecule has 1 aliphatic rings. The van der Waals surface area contributed by atoms with Gasteiger partial charge in [-0.05, 0) is 78.0 Å². The maximum Gasteiger partial charge on any atom is 0.408 e. The van der Waals surface area contributed by atoms with Crippen LogP contribution in [0.4, 0.5) is 4.79 Å². The Morgan fingerprint density at radius 3 is 2.29 bits per heavy atom. The molecule has 2 rings (SSSR count). The van der Waals surface area contributed by atoms with Crippen molar-refractivity contribution in [1.29, 1.82) is 0 Å². The fraction of sp³-hybridized carbons (Fsp3) is 0.667. The van der Waals surface area contributed by atoms with Crippen molar-refractivity contribution in [1.82, 2.24) is 15.5 Å². The number of hydrogen-bond acceptors (Lipinski definition) is 5. The smallest absolute Gasteiger partial charge is 0.408 e. The van der Waals surface area contributed by atoms with E-state index in [2.05, 4.69) is 10.6 Å². The van der Waals surface area contributed by atoms with Crippen molar-refractivity contribution in [2.24, 2.45) is 0 Å². The molecule has 0 aliphatic heterocycles. The highest BCUT2D eigenvalue weighted by Crippen LogP contribution is 2.30. The predicted octanol–water partition coefficient (Wildman–Crippen LogP) is 3.92. The molecule has 3 amide bonds. The molecular weight excluding hydrogens is 446 g/mol. The summed E-state index contributed by atoms with van der Waals surface area (Å²) in [5, 5.41) is 15.7. The van der Waals surface area contributed by atoms with Gasteiger partial charge in [0.25, 0.3) is 0 Å². The van der Waals surface area contributed by atoms with E-state index in [9.17, 15) is 19.5 Å². The first-order chi connectivity index (χ1) is 16.4. The second kappa shape index (κ2) is 12.4. The van der Waals surface area contributed by atoms with Crippen molar-refractivity contribution in [3.8, 4) is 0 Å². The lowest BCUT2D eigenvalue weighted by Crippen LogP contribution is -2.57. The first-order valence-corrected chi connectivity index (χ1v) is 12.6. The molecule has 0 bridgehead atoms. The van der Waals surface area contributed by atoms with Gasteiger partial charge >= 0.3 is 6.09 Å². The number of aryl methyl sites for hydroxylation is 1. The molecular formula is C27H43N3O5. The molecule has 2 atom stereocenters. The van der Waals surface area contributed by atoms with E-state index in [1.54, 1.807) is 20.8 Å². The molecule has 1 aliphatic carbocycles. The van der Waals surface area contributed by atoms with Crippen LogP contribution in [0.25, 0.3) is 0 Å². The number of nitrogens with one attached hydrogen (secondary N) is 2. The van der Waals surface area contributed by atoms with Gasteiger partial charge in [0.05, 0.1) is 6.61 Å². The zero-order valence-corrected chi connectivity index (χ0v) is 22.3. The first kappa shape index (κ1) is 28.6. The number of aliphatic hydroxyl groups is 1. The van der Waals surface area contributed by atoms with E-state index in [4.69, 9.17) is 4.74 Å². The first-order valence-electron chi connectivity index (χ1n) is 12.6. The second-order valence-electron chi connectivity index (χ2n) is 10.8. The van der Waals surface area contributed by atoms with Crippen molar-refractivity contribution >= 4 is 17.9 Å². The lowest BCUT2D eigenvalue weighted by molar-refractivity contribution is -0.145. The van der Waals surface area contributed by atoms with E-state index in [-0.39, 0.29) is 18.0 Å². The van der Waals surface area contributed by atoms with E-state index >= 15 is 0 Å². The summed E-state index contributed by atoms with van der Waals surface area (Å²) in [6, 6.07) is 3.26. The number of alkyl carbamates (subject to hydrolysis) is 1. The van der Waals surface area contributed by atoms with Crippen LogP contribution in [0.15, 0.2) is 18.2 Å². The third-order valence-corrected chi connectivity index (χ3v) is 6.40. The molecule has 0 heterocycles. The summed E-state index contributed by atoms with van der Waals surface area (Å²) in [6.45, 7) is 12.1. The Morgan fingerprint density at radius 2 is 1.74 bits per heavy atom. The van der Waals surface area contributed by atoms with Crippen LogP contribution in [0, 0.1) is 13.8 Å². The van der Waals surface area contributed by atoms with E-state index in [1.807, 2.05) is 45.9 Å². The Bertz CT molecular complexity index is 887. The minimum atomic E-state index is -1.25. The van der Waals surface area contributed by atoms with Crippen molar-refractivity contribution < 1.29 is 24.2 Å². The van der Waals surface area contributed by atoms with Crippen LogP contribution < -0.4 is 10.6 Å². The summed E-state index contributed by atoms with van der Waals surface area (Å²) < 4.78 is 5.28. The van der Waals surface area contributed by atoms with Gasteiger partial charge < -0.3 is 25.4 Å². The average Bonchev–Trinajstić information content (AvgIpc) is 2.76. The van der Waals surface area contributed by atoms with Crippen LogP contribution in [0.2, 0.25) is 0 Å². The molecule has 1 aromatic carbocycles. The Labute approximate surface area is 209 Å². The van der Waals surface area contributed by atoms with E-state index in [0.29, 0.717) is 0 Å². The molecule has 3 N–H and O–H groups in total. The van der Waals surface area contributed by atoms with Crippen molar-refractivity contribution in [3.63, 3.8) is 0 Å². The van der Waals surface area contributed by atoms with Gasteiger partial charge in [-0.1, -0.05) is 37.5 Å². The molecule has 8 nitrogen and oxygen atoms in total. The molecule has 1 aromatic rings. The molecule has 1 saturated carbocycles. The molecule has 35 heavy (non-hydrogen) atoms. The average molecular weight is 490 g/mol. The largest absolute Gasteiger partial charge is 0.444 e. The van der Waals surface area contributed by atoms with Crippen LogP contribution in [-0.4, -0.2) is 58.2 Å². The number of carbonyl (C=O) groups is 3. The Kier molecular flexibility index (Phi) is 10.1. The predicted molar refractivity (Wildman–Crippen MR) is 136 cm³/mol. The van der Waals surface area contributed by atoms with Crippen LogP contribution >= 0.6 is 0 Å². The molecule has 0 radical (unpaired) electrons. The van der Waals surface area contributed by atoms with Gasteiger partial charge in [-0.25, -0.2) is 4.79 Å². The van der Waals surface area contributed by atoms with Crippen LogP contribution in [0.1, 0.15) is 89.5 Å². The number of amides is 3. The summed E-state index contributed by atoms with van der Waals surface area (Å²) in [4.78, 5) is 41.3. The number of nitrogens with zero attached hydrogens (tertiary/aromatic N) is 1. The fourth-order valence-electron chi connectivity index (χ4n) is 4.51. The van der Waals surface area contributed by atoms with E-state index in [1.165, 1.54) is 4.90 Å². The number of benzene rings is 1. The maximum absolute atomic E-state index is 13.8. The monoisotopic (exact) mass is 489 g/mol. The van der Waals surface area contributed by atoms with E-state index < -0.39 is 36.3 Å². The zero-order chi connectivity index (χ0) is 26.3. The minimum absolute atomic E-state index is 0.0708. The van der Waals surface area contributed by atoms with Gasteiger partial charge in [0, 0.05) is 12.1 Å². The molecule has 0 saturated heterocycles. The van der Waals surface area contributed by atoms with Crippen molar-refractivity contribution in [2.45, 2.75) is 110 Å². The number of rotatable bonds is 8. The maximum atomic E-state index is 13.8. The van der Waals surface area contributed by atoms with Gasteiger partial charge in [0.15, 0.2) is 0 Å². The lowest BCUT2D eigenvalue weighted by atomic mass is 9.92. The summed E-state index contributed by atoms with van der Waals surface area (Å²) in [5.41, 5.74) is 1.91. The minimum Gasteiger partial charge on any atom is -0.444 e. The normalized spacial score (nSPS) is 16.4. The summed E-state index contributed by atoms with van der Waals surface area (Å²) >= 11 is 0. The SMILES string of the molecule is Cc1cccc(C(C(=O)NC2CCCCC2)N(C(=O)C(CO)NC(=O)OC(C)(C)C)C(C)C)c1C. The number of hydrogen-bond donors (Lipinski definition) is 3. The molecule has 1 fully saturated rings. The third kappa shape index (κ3) is 7.95. The topological polar surface area (TPSA) is 108 Å². The fourth-order valence-corrected chi connectivity index (χ4v) is 4.51. The van der Waals surface area contributed by atoms with Crippen molar-refractivity contribution in [2.75, 3.05) is 6.61 Å². The van der Waals surface area contributed by atoms with Crippen LogP contribution in [0.5, 0.6) is 0 Å². The molecule has 196 valence electrons. The Morgan fingerprint density at radius 1 is 1.11 bits per heavy atom. The van der Waals surface area contributed by atoms with Gasteiger partial charge in [-0.15, -0.1) is 0 Å². The standard InChI is InChI=1S/C27H43N3O5/c1-17(2)30(25(33)22(16-31)29-26(34)35-27(5,6)7)23(21-15-11-12-18(3)19(21)4)24(32)28-20-13-9-8-10-14-20/h11-12,15,17,20,22-23,31H,8-10,13-14,16H2,1-7H3,(H,28,32)(H,29,34). The van der Waals surface area contributed by atoms with Gasteiger partial charge in [0.1, 0.15) is 17.7 Å². The quantitative estimate of drug-likeness (QED) is 0.513. The summed E-state index contributed by atoms with van der Waals surface area (Å²) in [6.07, 6.45) is 4.33. The van der Waals surface area contributed by atoms with Gasteiger partial charge in [-0.3, -0.25) is 9.59 Å².